The van der Waals surface area contributed by atoms with Gasteiger partial charge in [-0.1, -0.05) is 42.5 Å². The zero-order chi connectivity index (χ0) is 26.1. The quantitative estimate of drug-likeness (QED) is 0.333. The number of aliphatic hydroxyl groups excluding tert-OH is 2. The summed E-state index contributed by atoms with van der Waals surface area (Å²) in [5.74, 6) is 0.737. The van der Waals surface area contributed by atoms with E-state index < -0.39 is 30.5 Å². The molecule has 0 aliphatic heterocycles. The van der Waals surface area contributed by atoms with E-state index >= 15 is 0 Å². The summed E-state index contributed by atoms with van der Waals surface area (Å²) in [6.45, 7) is -0.403. The van der Waals surface area contributed by atoms with Crippen LogP contribution in [0, 0.1) is 0 Å². The van der Waals surface area contributed by atoms with Gasteiger partial charge in [-0.2, -0.15) is 13.2 Å². The second-order valence-corrected chi connectivity index (χ2v) is 7.90. The molecular weight excluding hydrogens is 477 g/mol. The molecule has 0 saturated heterocycles. The number of hydrogen-bond acceptors (Lipinski definition) is 5. The topological polar surface area (TPSA) is 100 Å². The molecule has 3 rings (SSSR count). The molecular formula is C26H27F3N2O5. The second kappa shape index (κ2) is 12.3. The van der Waals surface area contributed by atoms with Gasteiger partial charge in [0.05, 0.1) is 19.3 Å². The van der Waals surface area contributed by atoms with Crippen LogP contribution in [0.2, 0.25) is 0 Å². The summed E-state index contributed by atoms with van der Waals surface area (Å²) in [5, 5.41) is 24.0. The summed E-state index contributed by atoms with van der Waals surface area (Å²) < 4.78 is 49.2. The van der Waals surface area contributed by atoms with E-state index in [4.69, 9.17) is 14.6 Å². The number of halogens is 3. The van der Waals surface area contributed by atoms with Crippen LogP contribution < -0.4 is 20.1 Å². The van der Waals surface area contributed by atoms with E-state index in [1.54, 1.807) is 12.1 Å². The smallest absolute Gasteiger partial charge is 0.416 e. The van der Waals surface area contributed by atoms with Gasteiger partial charge < -0.3 is 30.3 Å². The van der Waals surface area contributed by atoms with Gasteiger partial charge in [-0.15, -0.1) is 0 Å². The molecule has 0 aliphatic carbocycles. The average Bonchev–Trinajstić information content (AvgIpc) is 2.89. The van der Waals surface area contributed by atoms with Crippen LogP contribution in [0.5, 0.6) is 11.5 Å². The lowest BCUT2D eigenvalue weighted by Gasteiger charge is -2.18. The minimum absolute atomic E-state index is 0.0544. The molecule has 0 aromatic heterocycles. The maximum absolute atomic E-state index is 12.7. The number of hydrogen-bond donors (Lipinski definition) is 4. The monoisotopic (exact) mass is 504 g/mol. The normalized spacial score (nSPS) is 12.1. The van der Waals surface area contributed by atoms with Crippen molar-refractivity contribution < 1.29 is 37.7 Å². The predicted molar refractivity (Wildman–Crippen MR) is 128 cm³/mol. The first-order valence-corrected chi connectivity index (χ1v) is 11.1. The van der Waals surface area contributed by atoms with Crippen LogP contribution in [0.1, 0.15) is 16.7 Å². The fourth-order valence-corrected chi connectivity index (χ4v) is 3.38. The van der Waals surface area contributed by atoms with Crippen molar-refractivity contribution in [2.24, 2.45) is 0 Å². The van der Waals surface area contributed by atoms with Crippen molar-refractivity contribution in [1.82, 2.24) is 10.6 Å². The molecule has 0 radical (unpaired) electrons. The fraction of sp³-hybridized carbons (Fsp3) is 0.269. The van der Waals surface area contributed by atoms with Crippen LogP contribution in [0.25, 0.3) is 11.1 Å². The molecule has 0 heterocycles. The first kappa shape index (κ1) is 26.8. The van der Waals surface area contributed by atoms with Crippen LogP contribution in [0.4, 0.5) is 18.0 Å². The van der Waals surface area contributed by atoms with Gasteiger partial charge in [0.25, 0.3) is 0 Å². The summed E-state index contributed by atoms with van der Waals surface area (Å²) in [4.78, 5) is 12.4. The molecule has 3 aromatic rings. The summed E-state index contributed by atoms with van der Waals surface area (Å²) in [6, 6.07) is 16.9. The highest BCUT2D eigenvalue weighted by atomic mass is 19.4. The van der Waals surface area contributed by atoms with Gasteiger partial charge in [0.15, 0.2) is 11.5 Å². The van der Waals surface area contributed by atoms with E-state index in [1.165, 1.54) is 19.2 Å². The molecule has 1 unspecified atom stereocenters. The van der Waals surface area contributed by atoms with Crippen LogP contribution in [-0.2, 0) is 19.3 Å². The Hall–Kier alpha value is -3.76. The third kappa shape index (κ3) is 7.37. The minimum atomic E-state index is -4.42. The van der Waals surface area contributed by atoms with Crippen LogP contribution >= 0.6 is 0 Å². The van der Waals surface area contributed by atoms with Gasteiger partial charge in [-0.25, -0.2) is 4.79 Å². The Kier molecular flexibility index (Phi) is 9.15. The molecule has 3 aromatic carbocycles. The van der Waals surface area contributed by atoms with Crippen molar-refractivity contribution in [3.63, 3.8) is 0 Å². The lowest BCUT2D eigenvalue weighted by molar-refractivity contribution is -0.137. The van der Waals surface area contributed by atoms with Crippen LogP contribution in [0.15, 0.2) is 66.7 Å². The molecule has 1 atom stereocenters. The molecule has 10 heteroatoms. The van der Waals surface area contributed by atoms with Gasteiger partial charge in [0.2, 0.25) is 0 Å². The number of urea groups is 1. The number of amides is 2. The first-order valence-electron chi connectivity index (χ1n) is 11.1. The van der Waals surface area contributed by atoms with E-state index in [9.17, 15) is 23.1 Å². The molecule has 192 valence electrons. The van der Waals surface area contributed by atoms with Gasteiger partial charge in [0, 0.05) is 13.1 Å². The zero-order valence-corrected chi connectivity index (χ0v) is 19.5. The zero-order valence-electron chi connectivity index (χ0n) is 19.5. The number of methoxy groups -OCH3 is 1. The summed E-state index contributed by atoms with van der Waals surface area (Å²) in [7, 11) is 1.46. The number of nitrogens with one attached hydrogen (secondary N) is 2. The molecule has 36 heavy (non-hydrogen) atoms. The summed E-state index contributed by atoms with van der Waals surface area (Å²) in [5.41, 5.74) is 2.10. The molecule has 2 amide bonds. The standard InChI is InChI=1S/C26H27F3N2O5/c1-35-23-11-19(14-31-25(34)30-13-17-7-9-20(10-8-17)26(27,28)29)22(18-5-3-2-4-6-18)12-24(23)36-16-21(33)15-32/h2-12,21,32-33H,13-16H2,1H3,(H2,30,31,34). The van der Waals surface area contributed by atoms with Gasteiger partial charge in [-0.05, 0) is 46.5 Å². The first-order chi connectivity index (χ1) is 17.2. The lowest BCUT2D eigenvalue weighted by Crippen LogP contribution is -2.34. The van der Waals surface area contributed by atoms with Crippen molar-refractivity contribution >= 4 is 6.03 Å². The summed E-state index contributed by atoms with van der Waals surface area (Å²) in [6.07, 6.45) is -5.47. The Labute approximate surface area is 206 Å². The van der Waals surface area contributed by atoms with Gasteiger partial charge in [-0.3, -0.25) is 0 Å². The summed E-state index contributed by atoms with van der Waals surface area (Å²) >= 11 is 0. The molecule has 7 nitrogen and oxygen atoms in total. The van der Waals surface area contributed by atoms with Crippen molar-refractivity contribution in [2.45, 2.75) is 25.4 Å². The molecule has 0 spiro atoms. The van der Waals surface area contributed by atoms with Gasteiger partial charge in [0.1, 0.15) is 12.7 Å². The molecule has 0 fully saturated rings. The third-order valence-corrected chi connectivity index (χ3v) is 5.29. The highest BCUT2D eigenvalue weighted by Gasteiger charge is 2.29. The maximum atomic E-state index is 12.7. The van der Waals surface area contributed by atoms with Crippen molar-refractivity contribution in [2.75, 3.05) is 20.3 Å². The Morgan fingerprint density at radius 1 is 0.972 bits per heavy atom. The van der Waals surface area contributed by atoms with Crippen LogP contribution in [-0.4, -0.2) is 42.7 Å². The lowest BCUT2D eigenvalue weighted by atomic mass is 9.98. The fourth-order valence-electron chi connectivity index (χ4n) is 3.38. The van der Waals surface area contributed by atoms with Crippen LogP contribution in [0.3, 0.4) is 0 Å². The average molecular weight is 505 g/mol. The minimum Gasteiger partial charge on any atom is -0.493 e. The maximum Gasteiger partial charge on any atom is 0.416 e. The molecule has 0 aliphatic rings. The van der Waals surface area contributed by atoms with Gasteiger partial charge >= 0.3 is 12.2 Å². The van der Waals surface area contributed by atoms with E-state index in [2.05, 4.69) is 10.6 Å². The predicted octanol–water partition coefficient (Wildman–Crippen LogP) is 4.11. The highest BCUT2D eigenvalue weighted by Crippen LogP contribution is 2.36. The Morgan fingerprint density at radius 2 is 1.64 bits per heavy atom. The van der Waals surface area contributed by atoms with E-state index in [0.717, 1.165) is 28.8 Å². The second-order valence-electron chi connectivity index (χ2n) is 7.90. The number of alkyl halides is 3. The van der Waals surface area contributed by atoms with Crippen molar-refractivity contribution in [3.8, 4) is 22.6 Å². The number of aliphatic hydroxyl groups is 2. The third-order valence-electron chi connectivity index (χ3n) is 5.29. The van der Waals surface area contributed by atoms with E-state index in [-0.39, 0.29) is 19.7 Å². The Bertz CT molecular complexity index is 1140. The molecule has 0 bridgehead atoms. The number of benzene rings is 3. The number of ether oxygens (including phenoxy) is 2. The Balaban J connectivity index is 1.72. The molecule has 4 N–H and O–H groups in total. The highest BCUT2D eigenvalue weighted by molar-refractivity contribution is 5.75. The van der Waals surface area contributed by atoms with E-state index in [1.807, 2.05) is 30.3 Å². The molecule has 0 saturated carbocycles. The number of carbonyl (C=O) groups excluding carboxylic acids is 1. The van der Waals surface area contributed by atoms with Crippen molar-refractivity contribution in [3.05, 3.63) is 83.4 Å². The SMILES string of the molecule is COc1cc(CNC(=O)NCc2ccc(C(F)(F)F)cc2)c(-c2ccccc2)cc1OCC(O)CO. The number of carbonyl (C=O) groups is 1. The number of rotatable bonds is 10. The van der Waals surface area contributed by atoms with E-state index in [0.29, 0.717) is 17.1 Å². The Morgan fingerprint density at radius 3 is 2.25 bits per heavy atom. The van der Waals surface area contributed by atoms with Crippen molar-refractivity contribution in [1.29, 1.82) is 0 Å². The largest absolute Gasteiger partial charge is 0.493 e.